The Hall–Kier alpha value is -1.77. The second-order valence-corrected chi connectivity index (χ2v) is 3.81. The summed E-state index contributed by atoms with van der Waals surface area (Å²) in [5, 5.41) is 0. The van der Waals surface area contributed by atoms with Gasteiger partial charge in [0.05, 0.1) is 5.70 Å². The first kappa shape index (κ1) is 9.77. The van der Waals surface area contributed by atoms with Crippen LogP contribution in [0.15, 0.2) is 24.3 Å². The van der Waals surface area contributed by atoms with Crippen molar-refractivity contribution in [3.05, 3.63) is 41.0 Å². The summed E-state index contributed by atoms with van der Waals surface area (Å²) in [7, 11) is 0. The monoisotopic (exact) mass is 202 g/mol. The van der Waals surface area contributed by atoms with E-state index < -0.39 is 0 Å². The van der Waals surface area contributed by atoms with Crippen LogP contribution in [0.3, 0.4) is 0 Å². The van der Waals surface area contributed by atoms with Crippen molar-refractivity contribution in [3.8, 4) is 0 Å². The number of benzene rings is 1. The highest BCUT2D eigenvalue weighted by atomic mass is 16.2. The van der Waals surface area contributed by atoms with Crippen LogP contribution in [0.4, 0.5) is 0 Å². The highest BCUT2D eigenvalue weighted by Crippen LogP contribution is 2.19. The number of hydrogen-bond acceptors (Lipinski definition) is 2. The molecule has 3 nitrogen and oxygen atoms in total. The highest BCUT2D eigenvalue weighted by molar-refractivity contribution is 5.84. The Labute approximate surface area is 89.2 Å². The predicted molar refractivity (Wildman–Crippen MR) is 59.8 cm³/mol. The summed E-state index contributed by atoms with van der Waals surface area (Å²) < 4.78 is 0. The zero-order valence-corrected chi connectivity index (χ0v) is 8.92. The molecular formula is C12H14N2O. The van der Waals surface area contributed by atoms with Crippen molar-refractivity contribution in [1.29, 1.82) is 0 Å². The number of rotatable bonds is 1. The van der Waals surface area contributed by atoms with Gasteiger partial charge in [-0.25, -0.2) is 0 Å². The van der Waals surface area contributed by atoms with Crippen LogP contribution in [-0.4, -0.2) is 5.91 Å². The minimum Gasteiger partial charge on any atom is -0.298 e. The summed E-state index contributed by atoms with van der Waals surface area (Å²) in [4.78, 5) is 11.0. The minimum atomic E-state index is 0.00376. The molecule has 0 aliphatic carbocycles. The fourth-order valence-electron chi connectivity index (χ4n) is 1.64. The molecule has 0 bridgehead atoms. The van der Waals surface area contributed by atoms with Gasteiger partial charge in [-0.2, -0.15) is 0 Å². The first-order chi connectivity index (χ1) is 7.16. The van der Waals surface area contributed by atoms with Crippen molar-refractivity contribution in [2.24, 2.45) is 0 Å². The quantitative estimate of drug-likeness (QED) is 0.727. The molecular weight excluding hydrogens is 188 g/mol. The zero-order chi connectivity index (χ0) is 10.8. The van der Waals surface area contributed by atoms with Crippen LogP contribution in [0.5, 0.6) is 0 Å². The lowest BCUT2D eigenvalue weighted by molar-refractivity contribution is -0.121. The number of hydrazine groups is 1. The first-order valence-corrected chi connectivity index (χ1v) is 4.99. The third-order valence-corrected chi connectivity index (χ3v) is 2.51. The lowest BCUT2D eigenvalue weighted by Crippen LogP contribution is -2.39. The van der Waals surface area contributed by atoms with E-state index in [1.807, 2.05) is 6.08 Å². The van der Waals surface area contributed by atoms with Crippen LogP contribution in [0.25, 0.3) is 5.70 Å². The van der Waals surface area contributed by atoms with Gasteiger partial charge in [-0.1, -0.05) is 17.7 Å². The number of amides is 1. The average Bonchev–Trinajstić information content (AvgIpc) is 2.23. The normalized spacial score (nSPS) is 15.3. The fraction of sp³-hybridized carbons (Fsp3) is 0.250. The third-order valence-electron chi connectivity index (χ3n) is 2.51. The van der Waals surface area contributed by atoms with Gasteiger partial charge in [0.2, 0.25) is 5.91 Å². The number of aryl methyl sites for hydroxylation is 2. The number of hydrogen-bond donors (Lipinski definition) is 2. The van der Waals surface area contributed by atoms with Gasteiger partial charge >= 0.3 is 0 Å². The second kappa shape index (κ2) is 3.77. The molecule has 2 N–H and O–H groups in total. The van der Waals surface area contributed by atoms with Gasteiger partial charge in [0.25, 0.3) is 0 Å². The third kappa shape index (κ3) is 2.01. The molecule has 3 heteroatoms. The van der Waals surface area contributed by atoms with Crippen LogP contribution >= 0.6 is 0 Å². The van der Waals surface area contributed by atoms with E-state index in [1.165, 1.54) is 11.1 Å². The largest absolute Gasteiger partial charge is 0.298 e. The van der Waals surface area contributed by atoms with E-state index >= 15 is 0 Å². The molecule has 1 heterocycles. The molecule has 2 rings (SSSR count). The van der Waals surface area contributed by atoms with Gasteiger partial charge in [0.15, 0.2) is 0 Å². The Bertz CT molecular complexity index is 435. The molecule has 0 saturated heterocycles. The van der Waals surface area contributed by atoms with Crippen molar-refractivity contribution < 1.29 is 4.79 Å². The van der Waals surface area contributed by atoms with Crippen LogP contribution in [0.2, 0.25) is 0 Å². The molecule has 1 aliphatic rings. The Kier molecular flexibility index (Phi) is 2.46. The first-order valence-electron chi connectivity index (χ1n) is 4.99. The van der Waals surface area contributed by atoms with E-state index in [1.54, 1.807) is 0 Å². The number of carbonyl (C=O) groups is 1. The average molecular weight is 202 g/mol. The molecule has 78 valence electrons. The Morgan fingerprint density at radius 1 is 1.20 bits per heavy atom. The molecule has 1 aliphatic heterocycles. The molecule has 0 aromatic heterocycles. The van der Waals surface area contributed by atoms with Crippen molar-refractivity contribution >= 4 is 11.6 Å². The molecule has 1 aromatic carbocycles. The van der Waals surface area contributed by atoms with Crippen molar-refractivity contribution in [2.45, 2.75) is 20.3 Å². The maximum absolute atomic E-state index is 11.0. The molecule has 0 fully saturated rings. The van der Waals surface area contributed by atoms with Gasteiger partial charge in [-0.3, -0.25) is 15.6 Å². The second-order valence-electron chi connectivity index (χ2n) is 3.81. The van der Waals surface area contributed by atoms with Gasteiger partial charge in [-0.05, 0) is 31.6 Å². The van der Waals surface area contributed by atoms with Crippen LogP contribution in [0.1, 0.15) is 23.1 Å². The molecule has 0 spiro atoms. The van der Waals surface area contributed by atoms with E-state index in [2.05, 4.69) is 42.9 Å². The standard InChI is InChI=1S/C12H14N2O/c1-8-3-4-9(2)10(7-8)11-5-6-12(15)14-13-11/h3-5,7,13H,6H2,1-2H3,(H,14,15). The Morgan fingerprint density at radius 3 is 2.67 bits per heavy atom. The summed E-state index contributed by atoms with van der Waals surface area (Å²) in [5.74, 6) is 0.00376. The van der Waals surface area contributed by atoms with E-state index in [0.717, 1.165) is 11.3 Å². The SMILES string of the molecule is Cc1ccc(C)c(C2=CCC(=O)NN2)c1. The summed E-state index contributed by atoms with van der Waals surface area (Å²) in [5.41, 5.74) is 10.1. The molecule has 1 aromatic rings. The number of carbonyl (C=O) groups excluding carboxylic acids is 1. The lowest BCUT2D eigenvalue weighted by Gasteiger charge is -2.18. The van der Waals surface area contributed by atoms with Gasteiger partial charge in [0, 0.05) is 12.0 Å². The Balaban J connectivity index is 2.37. The summed E-state index contributed by atoms with van der Waals surface area (Å²) in [6.45, 7) is 4.12. The molecule has 0 saturated carbocycles. The van der Waals surface area contributed by atoms with Crippen LogP contribution < -0.4 is 10.9 Å². The highest BCUT2D eigenvalue weighted by Gasteiger charge is 2.11. The van der Waals surface area contributed by atoms with Gasteiger partial charge in [-0.15, -0.1) is 0 Å². The fourth-order valence-corrected chi connectivity index (χ4v) is 1.64. The van der Waals surface area contributed by atoms with Crippen LogP contribution in [0, 0.1) is 13.8 Å². The molecule has 0 radical (unpaired) electrons. The van der Waals surface area contributed by atoms with Crippen LogP contribution in [-0.2, 0) is 4.79 Å². The van der Waals surface area contributed by atoms with E-state index in [0.29, 0.717) is 6.42 Å². The van der Waals surface area contributed by atoms with E-state index in [4.69, 9.17) is 0 Å². The minimum absolute atomic E-state index is 0.00376. The Morgan fingerprint density at radius 2 is 2.00 bits per heavy atom. The topological polar surface area (TPSA) is 41.1 Å². The molecule has 0 unspecified atom stereocenters. The summed E-state index contributed by atoms with van der Waals surface area (Å²) in [6.07, 6.45) is 2.36. The predicted octanol–water partition coefficient (Wildman–Crippen LogP) is 1.67. The summed E-state index contributed by atoms with van der Waals surface area (Å²) in [6, 6.07) is 6.29. The smallest absolute Gasteiger partial charge is 0.242 e. The number of nitrogens with one attached hydrogen (secondary N) is 2. The molecule has 0 atom stereocenters. The van der Waals surface area contributed by atoms with E-state index in [9.17, 15) is 4.79 Å². The van der Waals surface area contributed by atoms with Crippen molar-refractivity contribution in [2.75, 3.05) is 0 Å². The van der Waals surface area contributed by atoms with Crippen molar-refractivity contribution in [1.82, 2.24) is 10.9 Å². The van der Waals surface area contributed by atoms with Gasteiger partial charge < -0.3 is 0 Å². The van der Waals surface area contributed by atoms with E-state index in [-0.39, 0.29) is 5.91 Å². The van der Waals surface area contributed by atoms with Crippen molar-refractivity contribution in [3.63, 3.8) is 0 Å². The maximum atomic E-state index is 11.0. The van der Waals surface area contributed by atoms with Gasteiger partial charge in [0.1, 0.15) is 0 Å². The maximum Gasteiger partial charge on any atom is 0.242 e. The summed E-state index contributed by atoms with van der Waals surface area (Å²) >= 11 is 0. The molecule has 15 heavy (non-hydrogen) atoms. The zero-order valence-electron chi connectivity index (χ0n) is 8.92. The lowest BCUT2D eigenvalue weighted by atomic mass is 10.0. The molecule has 1 amide bonds.